The quantitative estimate of drug-likeness (QED) is 0.510. The van der Waals surface area contributed by atoms with Gasteiger partial charge < -0.3 is 0 Å². The van der Waals surface area contributed by atoms with E-state index >= 15 is 0 Å². The van der Waals surface area contributed by atoms with Crippen molar-refractivity contribution in [3.05, 3.63) is 83.4 Å². The van der Waals surface area contributed by atoms with Crippen LogP contribution in [0.2, 0.25) is 0 Å². The van der Waals surface area contributed by atoms with Crippen molar-refractivity contribution in [1.82, 2.24) is 4.90 Å². The Bertz CT molecular complexity index is 936. The molecule has 0 N–H and O–H groups in total. The van der Waals surface area contributed by atoms with Gasteiger partial charge in [0, 0.05) is 12.6 Å². The molecule has 0 radical (unpaired) electrons. The predicted molar refractivity (Wildman–Crippen MR) is 114 cm³/mol. The molecule has 0 spiro atoms. The van der Waals surface area contributed by atoms with E-state index in [9.17, 15) is 0 Å². The molecule has 0 amide bonds. The van der Waals surface area contributed by atoms with Gasteiger partial charge in [-0.15, -0.1) is 0 Å². The maximum Gasteiger partial charge on any atom is 0.0991 e. The zero-order valence-corrected chi connectivity index (χ0v) is 16.5. The van der Waals surface area contributed by atoms with Crippen LogP contribution >= 0.6 is 0 Å². The van der Waals surface area contributed by atoms with Gasteiger partial charge in [0.15, 0.2) is 0 Å². The summed E-state index contributed by atoms with van der Waals surface area (Å²) in [6, 6.07) is 26.0. The highest BCUT2D eigenvalue weighted by Crippen LogP contribution is 2.25. The van der Waals surface area contributed by atoms with Gasteiger partial charge in [-0.1, -0.05) is 61.5 Å². The first-order valence-corrected chi connectivity index (χ1v) is 9.78. The van der Waals surface area contributed by atoms with Gasteiger partial charge in [-0.05, 0) is 66.8 Å². The number of hydrogen-bond donors (Lipinski definition) is 0. The normalized spacial score (nSPS) is 12.4. The summed E-state index contributed by atoms with van der Waals surface area (Å²) in [5.74, 6) is 0.515. The van der Waals surface area contributed by atoms with E-state index in [1.54, 1.807) is 0 Å². The topological polar surface area (TPSA) is 27.0 Å². The summed E-state index contributed by atoms with van der Waals surface area (Å²) < 4.78 is 0. The summed E-state index contributed by atoms with van der Waals surface area (Å²) in [7, 11) is 0. The first kappa shape index (κ1) is 19.1. The molecule has 27 heavy (non-hydrogen) atoms. The molecule has 0 aliphatic heterocycles. The minimum absolute atomic E-state index is 0.472. The number of rotatable bonds is 7. The number of fused-ring (bicyclic) bond motifs is 1. The highest BCUT2D eigenvalue weighted by atomic mass is 15.1. The lowest BCUT2D eigenvalue weighted by atomic mass is 9.95. The third-order valence-electron chi connectivity index (χ3n) is 5.36. The number of nitrogens with zero attached hydrogens (tertiary/aromatic N) is 2. The van der Waals surface area contributed by atoms with Crippen molar-refractivity contribution in [1.29, 1.82) is 5.26 Å². The van der Waals surface area contributed by atoms with Gasteiger partial charge in [0.2, 0.25) is 0 Å². The summed E-state index contributed by atoms with van der Waals surface area (Å²) in [6.45, 7) is 8.74. The van der Waals surface area contributed by atoms with E-state index in [2.05, 4.69) is 80.3 Å². The molecule has 1 atom stereocenters. The molecule has 0 aromatic heterocycles. The summed E-state index contributed by atoms with van der Waals surface area (Å²) in [6.07, 6.45) is 1.12. The molecule has 0 aliphatic carbocycles. The Kier molecular flexibility index (Phi) is 6.27. The van der Waals surface area contributed by atoms with Crippen LogP contribution in [-0.4, -0.2) is 17.5 Å². The second-order valence-electron chi connectivity index (χ2n) is 7.67. The number of nitriles is 1. The van der Waals surface area contributed by atoms with Gasteiger partial charge in [0.05, 0.1) is 11.6 Å². The first-order valence-electron chi connectivity index (χ1n) is 9.78. The molecule has 0 aliphatic rings. The van der Waals surface area contributed by atoms with Crippen molar-refractivity contribution in [3.63, 3.8) is 0 Å². The summed E-state index contributed by atoms with van der Waals surface area (Å²) in [5, 5.41) is 11.7. The van der Waals surface area contributed by atoms with Crippen LogP contribution in [-0.2, 0) is 6.54 Å². The molecule has 0 heterocycles. The van der Waals surface area contributed by atoms with E-state index < -0.39 is 0 Å². The number of hydrogen-bond acceptors (Lipinski definition) is 2. The second-order valence-corrected chi connectivity index (χ2v) is 7.67. The Morgan fingerprint density at radius 2 is 1.67 bits per heavy atom. The minimum atomic E-state index is 0.472. The first-order chi connectivity index (χ1) is 13.1. The molecule has 2 nitrogen and oxygen atoms in total. The van der Waals surface area contributed by atoms with Crippen LogP contribution in [0.3, 0.4) is 0 Å². The molecule has 138 valence electrons. The van der Waals surface area contributed by atoms with Crippen LogP contribution in [0.25, 0.3) is 10.8 Å². The molecule has 1 unspecified atom stereocenters. The van der Waals surface area contributed by atoms with Crippen LogP contribution in [0.4, 0.5) is 0 Å². The van der Waals surface area contributed by atoms with E-state index in [-0.39, 0.29) is 0 Å². The minimum Gasteiger partial charge on any atom is -0.297 e. The van der Waals surface area contributed by atoms with Crippen molar-refractivity contribution in [2.75, 3.05) is 6.54 Å². The molecule has 0 saturated heterocycles. The fraction of sp³-hybridized carbons (Fsp3) is 0.320. The van der Waals surface area contributed by atoms with Gasteiger partial charge in [-0.3, -0.25) is 4.90 Å². The van der Waals surface area contributed by atoms with Gasteiger partial charge in [-0.25, -0.2) is 0 Å². The molecule has 0 saturated carbocycles. The molecular weight excluding hydrogens is 328 g/mol. The van der Waals surface area contributed by atoms with Gasteiger partial charge >= 0.3 is 0 Å². The fourth-order valence-electron chi connectivity index (χ4n) is 3.53. The largest absolute Gasteiger partial charge is 0.297 e. The van der Waals surface area contributed by atoms with Crippen molar-refractivity contribution >= 4 is 10.8 Å². The van der Waals surface area contributed by atoms with E-state index in [4.69, 9.17) is 5.26 Å². The molecule has 0 bridgehead atoms. The SMILES string of the molecule is CC(CCN(Cc1cccc(C#N)c1)C(C)C)c1ccc2ccccc2c1. The third kappa shape index (κ3) is 4.96. The van der Waals surface area contributed by atoms with Gasteiger partial charge in [-0.2, -0.15) is 5.26 Å². The van der Waals surface area contributed by atoms with Crippen LogP contribution in [0.5, 0.6) is 0 Å². The summed E-state index contributed by atoms with van der Waals surface area (Å²) in [4.78, 5) is 2.49. The maximum atomic E-state index is 9.12. The van der Waals surface area contributed by atoms with Crippen LogP contribution in [0.1, 0.15) is 49.8 Å². The van der Waals surface area contributed by atoms with Crippen molar-refractivity contribution in [2.24, 2.45) is 0 Å². The Morgan fingerprint density at radius 3 is 2.41 bits per heavy atom. The monoisotopic (exact) mass is 356 g/mol. The highest BCUT2D eigenvalue weighted by Gasteiger charge is 2.14. The lowest BCUT2D eigenvalue weighted by molar-refractivity contribution is 0.206. The molecular formula is C25H28N2. The molecule has 3 aromatic rings. The standard InChI is InChI=1S/C25H28N2/c1-19(2)27(18-22-8-6-7-21(15-22)17-26)14-13-20(3)24-12-11-23-9-4-5-10-25(23)16-24/h4-12,15-16,19-20H,13-14,18H2,1-3H3. The zero-order chi connectivity index (χ0) is 19.2. The predicted octanol–water partition coefficient (Wildman–Crippen LogP) is 6.12. The van der Waals surface area contributed by atoms with E-state index in [1.807, 2.05) is 18.2 Å². The van der Waals surface area contributed by atoms with Crippen molar-refractivity contribution in [3.8, 4) is 6.07 Å². The fourth-order valence-corrected chi connectivity index (χ4v) is 3.53. The Morgan fingerprint density at radius 1 is 0.889 bits per heavy atom. The maximum absolute atomic E-state index is 9.12. The van der Waals surface area contributed by atoms with Crippen molar-refractivity contribution in [2.45, 2.75) is 45.7 Å². The van der Waals surface area contributed by atoms with Crippen LogP contribution < -0.4 is 0 Å². The summed E-state index contributed by atoms with van der Waals surface area (Å²) >= 11 is 0. The number of benzene rings is 3. The lowest BCUT2D eigenvalue weighted by Gasteiger charge is -2.28. The van der Waals surface area contributed by atoms with Crippen LogP contribution in [0.15, 0.2) is 66.7 Å². The van der Waals surface area contributed by atoms with Gasteiger partial charge in [0.1, 0.15) is 0 Å². The summed E-state index contributed by atoms with van der Waals surface area (Å²) in [5.41, 5.74) is 3.35. The van der Waals surface area contributed by atoms with Crippen LogP contribution in [0, 0.1) is 11.3 Å². The van der Waals surface area contributed by atoms with E-state index in [0.29, 0.717) is 12.0 Å². The molecule has 0 fully saturated rings. The molecule has 2 heteroatoms. The zero-order valence-electron chi connectivity index (χ0n) is 16.5. The second kappa shape index (κ2) is 8.84. The average molecular weight is 357 g/mol. The average Bonchev–Trinajstić information content (AvgIpc) is 2.70. The Balaban J connectivity index is 1.66. The lowest BCUT2D eigenvalue weighted by Crippen LogP contribution is -2.32. The van der Waals surface area contributed by atoms with E-state index in [0.717, 1.165) is 25.1 Å². The Labute approximate surface area is 163 Å². The smallest absolute Gasteiger partial charge is 0.0991 e. The third-order valence-corrected chi connectivity index (χ3v) is 5.36. The molecule has 3 rings (SSSR count). The van der Waals surface area contributed by atoms with Crippen molar-refractivity contribution < 1.29 is 0 Å². The highest BCUT2D eigenvalue weighted by molar-refractivity contribution is 5.83. The Hall–Kier alpha value is -2.63. The van der Waals surface area contributed by atoms with E-state index in [1.165, 1.54) is 21.9 Å². The van der Waals surface area contributed by atoms with Gasteiger partial charge in [0.25, 0.3) is 0 Å². The molecule has 3 aromatic carbocycles.